The highest BCUT2D eigenvalue weighted by molar-refractivity contribution is 6.30. The molecule has 3 rings (SSSR count). The van der Waals surface area contributed by atoms with Crippen LogP contribution in [0.2, 0.25) is 5.02 Å². The maximum absolute atomic E-state index is 13.2. The second-order valence-corrected chi connectivity index (χ2v) is 9.33. The van der Waals surface area contributed by atoms with E-state index >= 15 is 0 Å². The first-order valence-corrected chi connectivity index (χ1v) is 11.6. The number of rotatable bonds is 9. The predicted octanol–water partition coefficient (Wildman–Crippen LogP) is 4.01. The Bertz CT molecular complexity index is 1050. The van der Waals surface area contributed by atoms with Crippen LogP contribution in [0.5, 0.6) is 0 Å². The standard InChI is InChI=1S/C25H30ClN3O5/c1-16(2)15-29(13-11-22(30)31)24(34)28-25(23(32)33)21(10-12-27-25)20-14-18(26)8-9-19(20)17-6-4-3-5-7-17/h3-9,14,16,21,27H,10-13,15H2,1-2H3,(H,28,34)(H,30,31)(H,32,33)/t21-,25-/m0/s1. The molecule has 0 saturated carbocycles. The highest BCUT2D eigenvalue weighted by Gasteiger charge is 2.52. The zero-order valence-corrected chi connectivity index (χ0v) is 20.0. The van der Waals surface area contributed by atoms with Gasteiger partial charge in [0.05, 0.1) is 6.42 Å². The van der Waals surface area contributed by atoms with Crippen molar-refractivity contribution < 1.29 is 24.6 Å². The van der Waals surface area contributed by atoms with E-state index in [0.717, 1.165) is 11.1 Å². The number of carboxylic acid groups (broad SMARTS) is 2. The fraction of sp³-hybridized carbons (Fsp3) is 0.400. The Morgan fingerprint density at radius 2 is 1.88 bits per heavy atom. The number of benzene rings is 2. The van der Waals surface area contributed by atoms with Gasteiger partial charge in [-0.15, -0.1) is 0 Å². The predicted molar refractivity (Wildman–Crippen MR) is 130 cm³/mol. The van der Waals surface area contributed by atoms with Crippen LogP contribution in [0.15, 0.2) is 48.5 Å². The maximum atomic E-state index is 13.2. The average molecular weight is 488 g/mol. The lowest BCUT2D eigenvalue weighted by Gasteiger charge is -2.36. The Kier molecular flexibility index (Phi) is 8.17. The van der Waals surface area contributed by atoms with E-state index in [-0.39, 0.29) is 18.9 Å². The number of urea groups is 1. The third-order valence-corrected chi connectivity index (χ3v) is 6.18. The Balaban J connectivity index is 2.00. The van der Waals surface area contributed by atoms with Crippen LogP contribution >= 0.6 is 11.6 Å². The number of hydrogen-bond acceptors (Lipinski definition) is 4. The summed E-state index contributed by atoms with van der Waals surface area (Å²) >= 11 is 6.32. The number of carboxylic acids is 2. The molecule has 4 N–H and O–H groups in total. The molecule has 0 unspecified atom stereocenters. The zero-order valence-electron chi connectivity index (χ0n) is 19.3. The second-order valence-electron chi connectivity index (χ2n) is 8.89. The second kappa shape index (κ2) is 10.9. The highest BCUT2D eigenvalue weighted by Crippen LogP contribution is 2.41. The van der Waals surface area contributed by atoms with Gasteiger partial charge in [-0.1, -0.05) is 61.8 Å². The van der Waals surface area contributed by atoms with Crippen LogP contribution in [0, 0.1) is 5.92 Å². The van der Waals surface area contributed by atoms with Crippen molar-refractivity contribution in [3.05, 3.63) is 59.1 Å². The molecular formula is C25H30ClN3O5. The molecule has 1 heterocycles. The first kappa shape index (κ1) is 25.5. The summed E-state index contributed by atoms with van der Waals surface area (Å²) in [5.74, 6) is -2.78. The third kappa shape index (κ3) is 5.69. The van der Waals surface area contributed by atoms with Crippen molar-refractivity contribution in [3.63, 3.8) is 0 Å². The van der Waals surface area contributed by atoms with E-state index in [4.69, 9.17) is 16.7 Å². The molecule has 1 aliphatic heterocycles. The molecule has 0 spiro atoms. The van der Waals surface area contributed by atoms with E-state index in [1.807, 2.05) is 50.2 Å². The van der Waals surface area contributed by atoms with Crippen LogP contribution in [-0.4, -0.2) is 58.4 Å². The number of nitrogens with zero attached hydrogens (tertiary/aromatic N) is 1. The van der Waals surface area contributed by atoms with Crippen LogP contribution in [0.3, 0.4) is 0 Å². The van der Waals surface area contributed by atoms with Gasteiger partial charge in [0.1, 0.15) is 0 Å². The van der Waals surface area contributed by atoms with E-state index < -0.39 is 29.6 Å². The van der Waals surface area contributed by atoms with Crippen LogP contribution in [0.25, 0.3) is 11.1 Å². The lowest BCUT2D eigenvalue weighted by molar-refractivity contribution is -0.146. The van der Waals surface area contributed by atoms with Gasteiger partial charge in [-0.25, -0.2) is 9.59 Å². The molecule has 34 heavy (non-hydrogen) atoms. The molecule has 8 nitrogen and oxygen atoms in total. The zero-order chi connectivity index (χ0) is 24.9. The topological polar surface area (TPSA) is 119 Å². The summed E-state index contributed by atoms with van der Waals surface area (Å²) in [7, 11) is 0. The molecule has 0 aliphatic carbocycles. The van der Waals surface area contributed by atoms with Gasteiger partial charge in [-0.05, 0) is 47.7 Å². The summed E-state index contributed by atoms with van der Waals surface area (Å²) in [6, 6.07) is 14.3. The van der Waals surface area contributed by atoms with Gasteiger partial charge in [0, 0.05) is 24.0 Å². The fourth-order valence-corrected chi connectivity index (χ4v) is 4.63. The van der Waals surface area contributed by atoms with Crippen LogP contribution in [-0.2, 0) is 9.59 Å². The summed E-state index contributed by atoms with van der Waals surface area (Å²) < 4.78 is 0. The lowest BCUT2D eigenvalue weighted by atomic mass is 9.82. The number of halogens is 1. The monoisotopic (exact) mass is 487 g/mol. The van der Waals surface area contributed by atoms with Crippen LogP contribution < -0.4 is 10.6 Å². The van der Waals surface area contributed by atoms with E-state index in [0.29, 0.717) is 30.1 Å². The number of aliphatic carboxylic acids is 2. The molecule has 2 atom stereocenters. The number of hydrogen-bond donors (Lipinski definition) is 4. The number of carbonyl (C=O) groups excluding carboxylic acids is 1. The molecular weight excluding hydrogens is 458 g/mol. The lowest BCUT2D eigenvalue weighted by Crippen LogP contribution is -2.66. The minimum atomic E-state index is -1.77. The normalized spacial score (nSPS) is 19.7. The molecule has 1 fully saturated rings. The summed E-state index contributed by atoms with van der Waals surface area (Å²) in [4.78, 5) is 38.4. The van der Waals surface area contributed by atoms with Gasteiger partial charge in [0.2, 0.25) is 0 Å². The highest BCUT2D eigenvalue weighted by atomic mass is 35.5. The number of carbonyl (C=O) groups is 3. The molecule has 0 radical (unpaired) electrons. The third-order valence-electron chi connectivity index (χ3n) is 5.94. The van der Waals surface area contributed by atoms with E-state index in [9.17, 15) is 19.5 Å². The summed E-state index contributed by atoms with van der Waals surface area (Å²) in [5.41, 5.74) is 0.689. The average Bonchev–Trinajstić information content (AvgIpc) is 3.21. The summed E-state index contributed by atoms with van der Waals surface area (Å²) in [6.45, 7) is 4.46. The van der Waals surface area contributed by atoms with Crippen molar-refractivity contribution in [1.82, 2.24) is 15.5 Å². The van der Waals surface area contributed by atoms with Crippen LogP contribution in [0.4, 0.5) is 4.79 Å². The minimum Gasteiger partial charge on any atom is -0.481 e. The van der Waals surface area contributed by atoms with E-state index in [1.54, 1.807) is 12.1 Å². The van der Waals surface area contributed by atoms with Gasteiger partial charge in [-0.2, -0.15) is 0 Å². The van der Waals surface area contributed by atoms with E-state index in [2.05, 4.69) is 10.6 Å². The molecule has 2 amide bonds. The van der Waals surface area contributed by atoms with Crippen LogP contribution in [0.1, 0.15) is 38.2 Å². The van der Waals surface area contributed by atoms with Gasteiger partial charge < -0.3 is 20.4 Å². The molecule has 0 aromatic heterocycles. The smallest absolute Gasteiger partial charge is 0.345 e. The maximum Gasteiger partial charge on any atom is 0.345 e. The van der Waals surface area contributed by atoms with Gasteiger partial charge >= 0.3 is 18.0 Å². The molecule has 9 heteroatoms. The molecule has 1 saturated heterocycles. The number of nitrogens with one attached hydrogen (secondary N) is 2. The van der Waals surface area contributed by atoms with E-state index in [1.165, 1.54) is 4.90 Å². The molecule has 2 aromatic rings. The molecule has 182 valence electrons. The fourth-order valence-electron chi connectivity index (χ4n) is 4.45. The number of amides is 2. The first-order valence-electron chi connectivity index (χ1n) is 11.3. The Morgan fingerprint density at radius 3 is 2.50 bits per heavy atom. The Labute approximate surface area is 203 Å². The minimum absolute atomic E-state index is 0.0217. The Morgan fingerprint density at radius 1 is 1.18 bits per heavy atom. The van der Waals surface area contributed by atoms with Gasteiger partial charge in [-0.3, -0.25) is 10.1 Å². The van der Waals surface area contributed by atoms with Crippen molar-refractivity contribution in [2.24, 2.45) is 5.92 Å². The van der Waals surface area contributed by atoms with Crippen molar-refractivity contribution in [1.29, 1.82) is 0 Å². The molecule has 0 bridgehead atoms. The summed E-state index contributed by atoms with van der Waals surface area (Å²) in [6.07, 6.45) is 0.232. The quantitative estimate of drug-likeness (QED) is 0.424. The van der Waals surface area contributed by atoms with Gasteiger partial charge in [0.15, 0.2) is 5.66 Å². The van der Waals surface area contributed by atoms with Crippen molar-refractivity contribution in [3.8, 4) is 11.1 Å². The summed E-state index contributed by atoms with van der Waals surface area (Å²) in [5, 5.41) is 25.6. The van der Waals surface area contributed by atoms with Crippen molar-refractivity contribution in [2.45, 2.75) is 38.3 Å². The molecule has 1 aliphatic rings. The van der Waals surface area contributed by atoms with Crippen molar-refractivity contribution >= 4 is 29.6 Å². The SMILES string of the molecule is CC(C)CN(CCC(=O)O)C(=O)N[C@@]1(C(=O)O)NCC[C@H]1c1cc(Cl)ccc1-c1ccccc1. The van der Waals surface area contributed by atoms with Gasteiger partial charge in [0.25, 0.3) is 0 Å². The molecule has 2 aromatic carbocycles. The van der Waals surface area contributed by atoms with Crippen molar-refractivity contribution in [2.75, 3.05) is 19.6 Å². The first-order chi connectivity index (χ1) is 16.1. The Hall–Kier alpha value is -3.10. The largest absolute Gasteiger partial charge is 0.481 e.